The third kappa shape index (κ3) is 2.70. The van der Waals surface area contributed by atoms with Gasteiger partial charge in [0.25, 0.3) is 0 Å². The highest BCUT2D eigenvalue weighted by molar-refractivity contribution is 6.02. The maximum absolute atomic E-state index is 12.8. The summed E-state index contributed by atoms with van der Waals surface area (Å²) < 4.78 is 32.2. The molecule has 2 atom stereocenters. The van der Waals surface area contributed by atoms with E-state index in [2.05, 4.69) is 0 Å². The van der Waals surface area contributed by atoms with Crippen molar-refractivity contribution >= 4 is 5.78 Å². The fourth-order valence-electron chi connectivity index (χ4n) is 3.04. The van der Waals surface area contributed by atoms with Gasteiger partial charge in [-0.15, -0.1) is 0 Å². The number of Topliss-reactive ketones (excluding diaryl/α,β-unsaturated/α-hetero) is 1. The quantitative estimate of drug-likeness (QED) is 0.580. The molecule has 26 heavy (non-hydrogen) atoms. The molecule has 2 heterocycles. The number of carbonyl (C=O) groups is 1. The Morgan fingerprint density at radius 3 is 2.31 bits per heavy atom. The minimum absolute atomic E-state index is 0.146. The predicted molar refractivity (Wildman–Crippen MR) is 90.6 cm³/mol. The van der Waals surface area contributed by atoms with E-state index >= 15 is 0 Å². The molecule has 1 saturated heterocycles. The van der Waals surface area contributed by atoms with Gasteiger partial charge in [-0.25, -0.2) is 0 Å². The molecule has 0 radical (unpaired) electrons. The SMILES string of the molecule is COc1cc(C(=O)C2OC2c2ccc3c(c2)OCO3)cc(OC)c1OC. The maximum Gasteiger partial charge on any atom is 0.231 e. The van der Waals surface area contributed by atoms with E-state index in [1.54, 1.807) is 12.1 Å². The first-order valence-electron chi connectivity index (χ1n) is 8.05. The summed E-state index contributed by atoms with van der Waals surface area (Å²) in [7, 11) is 4.53. The molecular formula is C19H18O7. The Bertz CT molecular complexity index is 836. The standard InChI is InChI=1S/C19H18O7/c1-21-14-7-11(8-15(22-2)18(14)23-3)16(20)19-17(26-19)10-4-5-12-13(6-10)25-9-24-12/h4-8,17,19H,9H2,1-3H3. The third-order valence-corrected chi connectivity index (χ3v) is 4.42. The molecule has 0 N–H and O–H groups in total. The van der Waals surface area contributed by atoms with Gasteiger partial charge in [0.15, 0.2) is 34.9 Å². The van der Waals surface area contributed by atoms with E-state index in [0.29, 0.717) is 34.3 Å². The Hall–Kier alpha value is -2.93. The minimum Gasteiger partial charge on any atom is -0.493 e. The second-order valence-electron chi connectivity index (χ2n) is 5.87. The number of ketones is 1. The molecule has 0 spiro atoms. The predicted octanol–water partition coefficient (Wildman–Crippen LogP) is 2.76. The number of methoxy groups -OCH3 is 3. The van der Waals surface area contributed by atoms with Gasteiger partial charge in [-0.2, -0.15) is 0 Å². The summed E-state index contributed by atoms with van der Waals surface area (Å²) in [5.41, 5.74) is 1.31. The van der Waals surface area contributed by atoms with Crippen LogP contribution in [-0.4, -0.2) is 40.0 Å². The lowest BCUT2D eigenvalue weighted by Crippen LogP contribution is -2.09. The molecule has 4 rings (SSSR count). The van der Waals surface area contributed by atoms with Gasteiger partial charge in [-0.1, -0.05) is 6.07 Å². The van der Waals surface area contributed by atoms with Crippen LogP contribution in [0, 0.1) is 0 Å². The number of benzene rings is 2. The Morgan fingerprint density at radius 2 is 1.65 bits per heavy atom. The fourth-order valence-corrected chi connectivity index (χ4v) is 3.04. The van der Waals surface area contributed by atoms with Crippen molar-refractivity contribution in [3.05, 3.63) is 41.5 Å². The molecule has 0 aliphatic carbocycles. The summed E-state index contributed by atoms with van der Waals surface area (Å²) in [5.74, 6) is 2.51. The van der Waals surface area contributed by atoms with Crippen LogP contribution >= 0.6 is 0 Å². The molecule has 1 fully saturated rings. The van der Waals surface area contributed by atoms with Crippen LogP contribution in [0.25, 0.3) is 0 Å². The van der Waals surface area contributed by atoms with Crippen molar-refractivity contribution in [2.45, 2.75) is 12.2 Å². The maximum atomic E-state index is 12.8. The molecule has 136 valence electrons. The smallest absolute Gasteiger partial charge is 0.231 e. The van der Waals surface area contributed by atoms with Gasteiger partial charge in [0.2, 0.25) is 12.5 Å². The number of epoxide rings is 1. The van der Waals surface area contributed by atoms with E-state index in [4.69, 9.17) is 28.4 Å². The van der Waals surface area contributed by atoms with Crippen LogP contribution < -0.4 is 23.7 Å². The van der Waals surface area contributed by atoms with Crippen LogP contribution in [0.5, 0.6) is 28.7 Å². The first kappa shape index (κ1) is 16.5. The Balaban J connectivity index is 1.57. The number of hydrogen-bond donors (Lipinski definition) is 0. The van der Waals surface area contributed by atoms with Gasteiger partial charge >= 0.3 is 0 Å². The molecule has 2 aliphatic rings. The van der Waals surface area contributed by atoms with E-state index in [0.717, 1.165) is 5.56 Å². The number of carbonyl (C=O) groups excluding carboxylic acids is 1. The van der Waals surface area contributed by atoms with Crippen LogP contribution in [0.3, 0.4) is 0 Å². The van der Waals surface area contributed by atoms with Gasteiger partial charge in [0.05, 0.1) is 21.3 Å². The zero-order valence-electron chi connectivity index (χ0n) is 14.6. The lowest BCUT2D eigenvalue weighted by molar-refractivity contribution is 0.0953. The van der Waals surface area contributed by atoms with Gasteiger partial charge in [-0.3, -0.25) is 4.79 Å². The molecule has 0 saturated carbocycles. The Morgan fingerprint density at radius 1 is 0.962 bits per heavy atom. The molecule has 2 aromatic rings. The summed E-state index contributed by atoms with van der Waals surface area (Å²) in [6.45, 7) is 0.206. The summed E-state index contributed by atoms with van der Waals surface area (Å²) in [6, 6.07) is 8.79. The normalized spacial score (nSPS) is 19.8. The molecule has 0 aromatic heterocycles. The van der Waals surface area contributed by atoms with Gasteiger partial charge in [0, 0.05) is 5.56 Å². The molecule has 2 aliphatic heterocycles. The highest BCUT2D eigenvalue weighted by Gasteiger charge is 2.47. The zero-order valence-corrected chi connectivity index (χ0v) is 14.6. The van der Waals surface area contributed by atoms with Crippen molar-refractivity contribution in [2.75, 3.05) is 28.1 Å². The van der Waals surface area contributed by atoms with Crippen LogP contribution in [0.1, 0.15) is 22.0 Å². The molecule has 7 nitrogen and oxygen atoms in total. The van der Waals surface area contributed by atoms with E-state index in [-0.39, 0.29) is 18.7 Å². The van der Waals surface area contributed by atoms with Crippen LogP contribution in [0.4, 0.5) is 0 Å². The zero-order chi connectivity index (χ0) is 18.3. The fraction of sp³-hybridized carbons (Fsp3) is 0.316. The Labute approximate surface area is 150 Å². The molecule has 0 amide bonds. The van der Waals surface area contributed by atoms with Crippen molar-refractivity contribution < 1.29 is 33.2 Å². The average molecular weight is 358 g/mol. The largest absolute Gasteiger partial charge is 0.493 e. The highest BCUT2D eigenvalue weighted by atomic mass is 16.7. The first-order valence-corrected chi connectivity index (χ1v) is 8.05. The molecule has 7 heteroatoms. The van der Waals surface area contributed by atoms with Gasteiger partial charge in [0.1, 0.15) is 6.10 Å². The van der Waals surface area contributed by atoms with Crippen molar-refractivity contribution in [2.24, 2.45) is 0 Å². The van der Waals surface area contributed by atoms with E-state index < -0.39 is 6.10 Å². The van der Waals surface area contributed by atoms with Crippen molar-refractivity contribution in [3.63, 3.8) is 0 Å². The van der Waals surface area contributed by atoms with Gasteiger partial charge < -0.3 is 28.4 Å². The second-order valence-corrected chi connectivity index (χ2v) is 5.87. The molecular weight excluding hydrogens is 340 g/mol. The lowest BCUT2D eigenvalue weighted by atomic mass is 10.0. The van der Waals surface area contributed by atoms with E-state index in [1.807, 2.05) is 18.2 Å². The summed E-state index contributed by atoms with van der Waals surface area (Å²) >= 11 is 0. The Kier molecular flexibility index (Phi) is 4.08. The third-order valence-electron chi connectivity index (χ3n) is 4.42. The number of fused-ring (bicyclic) bond motifs is 1. The number of hydrogen-bond acceptors (Lipinski definition) is 7. The van der Waals surface area contributed by atoms with E-state index in [9.17, 15) is 4.79 Å². The summed E-state index contributed by atoms with van der Waals surface area (Å²) in [6.07, 6.45) is -0.866. The monoisotopic (exact) mass is 358 g/mol. The molecule has 0 bridgehead atoms. The van der Waals surface area contributed by atoms with Crippen LogP contribution in [0.15, 0.2) is 30.3 Å². The lowest BCUT2D eigenvalue weighted by Gasteiger charge is -2.13. The topological polar surface area (TPSA) is 75.8 Å². The average Bonchev–Trinajstić information content (AvgIpc) is 3.34. The summed E-state index contributed by atoms with van der Waals surface area (Å²) in [5, 5.41) is 0. The molecule has 2 aromatic carbocycles. The van der Waals surface area contributed by atoms with E-state index in [1.165, 1.54) is 21.3 Å². The van der Waals surface area contributed by atoms with Gasteiger partial charge in [-0.05, 0) is 29.8 Å². The van der Waals surface area contributed by atoms with Crippen LogP contribution in [-0.2, 0) is 4.74 Å². The van der Waals surface area contributed by atoms with Crippen molar-refractivity contribution in [3.8, 4) is 28.7 Å². The minimum atomic E-state index is -0.557. The first-order chi connectivity index (χ1) is 12.7. The number of rotatable bonds is 6. The second kappa shape index (κ2) is 6.42. The van der Waals surface area contributed by atoms with Crippen molar-refractivity contribution in [1.29, 1.82) is 0 Å². The number of ether oxygens (including phenoxy) is 6. The summed E-state index contributed by atoms with van der Waals surface area (Å²) in [4.78, 5) is 12.8. The highest BCUT2D eigenvalue weighted by Crippen LogP contribution is 2.45. The molecule has 2 unspecified atom stereocenters. The van der Waals surface area contributed by atoms with Crippen molar-refractivity contribution in [1.82, 2.24) is 0 Å². The van der Waals surface area contributed by atoms with Crippen LogP contribution in [0.2, 0.25) is 0 Å².